The lowest BCUT2D eigenvalue weighted by molar-refractivity contribution is -0.542. The van der Waals surface area contributed by atoms with Crippen LogP contribution in [0.3, 0.4) is 0 Å². The Morgan fingerprint density at radius 1 is 1.13 bits per heavy atom. The van der Waals surface area contributed by atoms with Gasteiger partial charge < -0.3 is 0 Å². The first-order chi connectivity index (χ1) is 10.9. The maximum Gasteiger partial charge on any atom is 0.643 e. The predicted octanol–water partition coefficient (Wildman–Crippen LogP) is 3.71. The van der Waals surface area contributed by atoms with E-state index >= 15 is 0 Å². The summed E-state index contributed by atoms with van der Waals surface area (Å²) in [7, 11) is 0. The van der Waals surface area contributed by atoms with E-state index < -0.39 is 0 Å². The first-order valence-corrected chi connectivity index (χ1v) is 8.65. The van der Waals surface area contributed by atoms with Crippen LogP contribution in [0, 0.1) is 5.92 Å². The molecule has 0 spiro atoms. The Kier molecular flexibility index (Phi) is 4.42. The number of rotatable bonds is 3. The molecule has 3 rings (SSSR count). The predicted molar refractivity (Wildman–Crippen MR) is 95.4 cm³/mol. The van der Waals surface area contributed by atoms with Gasteiger partial charge in [0.05, 0.1) is 11.5 Å². The summed E-state index contributed by atoms with van der Waals surface area (Å²) in [5.41, 5.74) is 1.22. The first-order valence-electron chi connectivity index (χ1n) is 8.65. The smallest absolute Gasteiger partial charge is 0.268 e. The molecule has 3 nitrogen and oxygen atoms in total. The Morgan fingerprint density at radius 3 is 2.43 bits per heavy atom. The van der Waals surface area contributed by atoms with Crippen molar-refractivity contribution in [3.05, 3.63) is 60.7 Å². The van der Waals surface area contributed by atoms with Gasteiger partial charge in [-0.05, 0) is 37.0 Å². The van der Waals surface area contributed by atoms with Gasteiger partial charge in [0.2, 0.25) is 0 Å². The summed E-state index contributed by atoms with van der Waals surface area (Å²) in [4.78, 5) is 0. The van der Waals surface area contributed by atoms with Crippen molar-refractivity contribution >= 4 is 6.98 Å². The second kappa shape index (κ2) is 6.35. The molecule has 4 heteroatoms. The summed E-state index contributed by atoms with van der Waals surface area (Å²) in [6.45, 7) is 9.14. The highest BCUT2D eigenvalue weighted by atomic mass is 15.3. The van der Waals surface area contributed by atoms with Crippen molar-refractivity contribution in [1.29, 1.82) is 0 Å². The molecule has 2 heterocycles. The normalized spacial score (nSPS) is 21.4. The molecular formula is C19H27BN3+. The van der Waals surface area contributed by atoms with E-state index in [0.29, 0.717) is 11.7 Å². The fourth-order valence-electron chi connectivity index (χ4n) is 3.26. The average molecular weight is 308 g/mol. The highest BCUT2D eigenvalue weighted by molar-refractivity contribution is 6.49. The van der Waals surface area contributed by atoms with E-state index in [-0.39, 0.29) is 12.4 Å². The van der Waals surface area contributed by atoms with Crippen molar-refractivity contribution in [2.75, 3.05) is 0 Å². The first kappa shape index (κ1) is 16.0. The SMILES string of the molecule is CC1C=CC(B(n2ccc(C(C)(C)C)n2)[n+]2ccccc2)CC1. The van der Waals surface area contributed by atoms with Gasteiger partial charge in [-0.3, -0.25) is 4.48 Å². The standard InChI is InChI=1S/C19H27BN3/c1-16-8-10-17(11-9-16)20(22-13-6-5-7-14-22)23-15-12-18(21-23)19(2,3)4/h5-8,10,12-17H,9,11H2,1-4H3/q+1. The maximum atomic E-state index is 4.91. The third-order valence-electron chi connectivity index (χ3n) is 4.72. The number of nitrogens with zero attached hydrogens (tertiary/aromatic N) is 3. The Bertz CT molecular complexity index is 669. The van der Waals surface area contributed by atoms with Crippen LogP contribution in [-0.2, 0) is 5.41 Å². The maximum absolute atomic E-state index is 4.91. The monoisotopic (exact) mass is 308 g/mol. The van der Waals surface area contributed by atoms with Gasteiger partial charge in [-0.15, -0.1) is 0 Å². The second-order valence-corrected chi connectivity index (χ2v) is 7.77. The zero-order valence-electron chi connectivity index (χ0n) is 14.7. The molecule has 0 saturated heterocycles. The molecule has 2 aromatic rings. The van der Waals surface area contributed by atoms with Crippen molar-refractivity contribution < 1.29 is 4.48 Å². The topological polar surface area (TPSA) is 21.7 Å². The molecule has 0 saturated carbocycles. The van der Waals surface area contributed by atoms with Gasteiger partial charge in [0, 0.05) is 11.6 Å². The molecular weight excluding hydrogens is 281 g/mol. The van der Waals surface area contributed by atoms with Crippen LogP contribution in [0.15, 0.2) is 55.0 Å². The van der Waals surface area contributed by atoms with Crippen LogP contribution in [0.1, 0.15) is 46.2 Å². The molecule has 0 amide bonds. The third kappa shape index (κ3) is 3.57. The quantitative estimate of drug-likeness (QED) is 0.626. The zero-order valence-corrected chi connectivity index (χ0v) is 14.7. The summed E-state index contributed by atoms with van der Waals surface area (Å²) in [5.74, 6) is 1.17. The summed E-state index contributed by atoms with van der Waals surface area (Å²) in [6, 6.07) is 8.41. The van der Waals surface area contributed by atoms with Crippen molar-refractivity contribution in [1.82, 2.24) is 9.69 Å². The summed E-state index contributed by atoms with van der Waals surface area (Å²) in [5, 5.41) is 4.91. The number of aromatic nitrogens is 3. The Morgan fingerprint density at radius 2 is 1.87 bits per heavy atom. The van der Waals surface area contributed by atoms with Crippen LogP contribution in [0.25, 0.3) is 0 Å². The molecule has 0 N–H and O–H groups in total. The minimum absolute atomic E-state index is 0.0775. The number of allylic oxidation sites excluding steroid dienone is 2. The van der Waals surface area contributed by atoms with Gasteiger partial charge in [0.15, 0.2) is 0 Å². The molecule has 120 valence electrons. The van der Waals surface area contributed by atoms with Gasteiger partial charge in [0.1, 0.15) is 12.4 Å². The highest BCUT2D eigenvalue weighted by Gasteiger charge is 2.42. The number of hydrogen-bond donors (Lipinski definition) is 0. The van der Waals surface area contributed by atoms with E-state index in [1.807, 2.05) is 0 Å². The van der Waals surface area contributed by atoms with Crippen LogP contribution in [0.5, 0.6) is 0 Å². The Hall–Kier alpha value is -1.84. The number of pyridine rings is 1. The van der Waals surface area contributed by atoms with Crippen LogP contribution < -0.4 is 4.48 Å². The molecule has 0 aliphatic heterocycles. The molecule has 2 aromatic heterocycles. The second-order valence-electron chi connectivity index (χ2n) is 7.77. The molecule has 1 aliphatic rings. The largest absolute Gasteiger partial charge is 0.643 e. The fraction of sp³-hybridized carbons (Fsp3) is 0.474. The minimum atomic E-state index is 0.0775. The highest BCUT2D eigenvalue weighted by Crippen LogP contribution is 2.28. The van der Waals surface area contributed by atoms with Gasteiger partial charge in [-0.1, -0.05) is 45.9 Å². The average Bonchev–Trinajstić information content (AvgIpc) is 3.00. The van der Waals surface area contributed by atoms with E-state index in [9.17, 15) is 0 Å². The molecule has 2 unspecified atom stereocenters. The summed E-state index contributed by atoms with van der Waals surface area (Å²) < 4.78 is 4.43. The van der Waals surface area contributed by atoms with Crippen LogP contribution in [0.4, 0.5) is 0 Å². The van der Waals surface area contributed by atoms with Crippen molar-refractivity contribution in [3.8, 4) is 0 Å². The molecule has 0 radical (unpaired) electrons. The molecule has 1 aliphatic carbocycles. The van der Waals surface area contributed by atoms with Crippen LogP contribution in [0.2, 0.25) is 5.82 Å². The van der Waals surface area contributed by atoms with E-state index in [4.69, 9.17) is 5.10 Å². The van der Waals surface area contributed by atoms with Gasteiger partial charge in [-0.2, -0.15) is 5.10 Å². The van der Waals surface area contributed by atoms with Crippen molar-refractivity contribution in [3.63, 3.8) is 0 Å². The van der Waals surface area contributed by atoms with Gasteiger partial charge >= 0.3 is 6.98 Å². The third-order valence-corrected chi connectivity index (χ3v) is 4.72. The minimum Gasteiger partial charge on any atom is -0.268 e. The van der Waals surface area contributed by atoms with Gasteiger partial charge in [-0.25, -0.2) is 4.59 Å². The zero-order chi connectivity index (χ0) is 16.4. The number of hydrogen-bond acceptors (Lipinski definition) is 1. The summed E-state index contributed by atoms with van der Waals surface area (Å²) >= 11 is 0. The van der Waals surface area contributed by atoms with Gasteiger partial charge in [0.25, 0.3) is 0 Å². The van der Waals surface area contributed by atoms with Crippen LogP contribution >= 0.6 is 0 Å². The Balaban J connectivity index is 1.99. The Labute approximate surface area is 140 Å². The molecule has 23 heavy (non-hydrogen) atoms. The fourth-order valence-corrected chi connectivity index (χ4v) is 3.26. The lowest BCUT2D eigenvalue weighted by Gasteiger charge is -2.21. The van der Waals surface area contributed by atoms with Crippen molar-refractivity contribution in [2.45, 2.75) is 51.8 Å². The molecule has 0 fully saturated rings. The molecule has 0 aromatic carbocycles. The lowest BCUT2D eigenvalue weighted by atomic mass is 9.58. The molecule has 2 atom stereocenters. The van der Waals surface area contributed by atoms with Crippen molar-refractivity contribution in [2.24, 2.45) is 5.92 Å². The van der Waals surface area contributed by atoms with E-state index in [0.717, 1.165) is 5.69 Å². The van der Waals surface area contributed by atoms with E-state index in [1.54, 1.807) is 0 Å². The lowest BCUT2D eigenvalue weighted by Crippen LogP contribution is -2.58. The van der Waals surface area contributed by atoms with Crippen LogP contribution in [-0.4, -0.2) is 16.7 Å². The van der Waals surface area contributed by atoms with E-state index in [2.05, 4.69) is 91.8 Å². The van der Waals surface area contributed by atoms with E-state index in [1.165, 1.54) is 12.8 Å². The summed E-state index contributed by atoms with van der Waals surface area (Å²) in [6.07, 6.45) is 13.6. The molecule has 0 bridgehead atoms.